The van der Waals surface area contributed by atoms with Crippen molar-refractivity contribution in [3.05, 3.63) is 24.3 Å². The molecule has 2 aromatic rings. The van der Waals surface area contributed by atoms with Crippen LogP contribution in [0.25, 0.3) is 5.65 Å². The Kier molecular flexibility index (Phi) is 2.25. The molecule has 16 heavy (non-hydrogen) atoms. The monoisotopic (exact) mass is 218 g/mol. The van der Waals surface area contributed by atoms with E-state index in [0.29, 0.717) is 5.92 Å². The van der Waals surface area contributed by atoms with Crippen molar-refractivity contribution >= 4 is 5.65 Å². The predicted octanol–water partition coefficient (Wildman–Crippen LogP) is 0.815. The number of ether oxygens (including phenoxy) is 1. The lowest BCUT2D eigenvalue weighted by Gasteiger charge is -2.02. The Hall–Kier alpha value is -1.62. The summed E-state index contributed by atoms with van der Waals surface area (Å²) >= 11 is 0. The van der Waals surface area contributed by atoms with E-state index < -0.39 is 0 Å². The lowest BCUT2D eigenvalue weighted by atomic mass is 10.1. The molecule has 0 aromatic carbocycles. The molecule has 0 bridgehead atoms. The molecular weight excluding hydrogens is 204 g/mol. The fourth-order valence-corrected chi connectivity index (χ4v) is 2.17. The van der Waals surface area contributed by atoms with E-state index in [1.165, 1.54) is 0 Å². The third kappa shape index (κ3) is 1.44. The first-order valence-electron chi connectivity index (χ1n) is 5.46. The zero-order valence-corrected chi connectivity index (χ0v) is 9.18. The molecule has 0 aliphatic carbocycles. The summed E-state index contributed by atoms with van der Waals surface area (Å²) in [5.74, 6) is 1.24. The van der Waals surface area contributed by atoms with Gasteiger partial charge >= 0.3 is 0 Å². The van der Waals surface area contributed by atoms with Gasteiger partial charge in [0.25, 0.3) is 0 Å². The van der Waals surface area contributed by atoms with Crippen molar-refractivity contribution in [3.63, 3.8) is 0 Å². The van der Waals surface area contributed by atoms with E-state index in [1.54, 1.807) is 19.5 Å². The van der Waals surface area contributed by atoms with Gasteiger partial charge in [0.1, 0.15) is 0 Å². The van der Waals surface area contributed by atoms with Crippen LogP contribution in [0.15, 0.2) is 18.6 Å². The van der Waals surface area contributed by atoms with Gasteiger partial charge in [-0.3, -0.25) is 9.38 Å². The minimum absolute atomic E-state index is 0.518. The van der Waals surface area contributed by atoms with Crippen molar-refractivity contribution in [2.45, 2.75) is 12.3 Å². The highest BCUT2D eigenvalue weighted by molar-refractivity contribution is 5.41. The Labute approximate surface area is 93.5 Å². The van der Waals surface area contributed by atoms with Crippen molar-refractivity contribution in [1.29, 1.82) is 0 Å². The van der Waals surface area contributed by atoms with Crippen LogP contribution in [0.5, 0.6) is 5.88 Å². The summed E-state index contributed by atoms with van der Waals surface area (Å²) in [5.41, 5.74) is 1.97. The molecule has 1 N–H and O–H groups in total. The van der Waals surface area contributed by atoms with E-state index >= 15 is 0 Å². The van der Waals surface area contributed by atoms with E-state index in [1.807, 2.05) is 10.6 Å². The van der Waals surface area contributed by atoms with E-state index in [2.05, 4.69) is 15.3 Å². The number of nitrogens with zero attached hydrogens (tertiary/aromatic N) is 3. The van der Waals surface area contributed by atoms with Gasteiger partial charge < -0.3 is 10.1 Å². The fraction of sp³-hybridized carbons (Fsp3) is 0.455. The average molecular weight is 218 g/mol. The van der Waals surface area contributed by atoms with Crippen molar-refractivity contribution in [1.82, 2.24) is 19.7 Å². The first-order chi connectivity index (χ1) is 7.88. The molecule has 1 fully saturated rings. The highest BCUT2D eigenvalue weighted by Gasteiger charge is 2.20. The summed E-state index contributed by atoms with van der Waals surface area (Å²) in [4.78, 5) is 8.68. The van der Waals surface area contributed by atoms with Crippen LogP contribution in [0.1, 0.15) is 18.0 Å². The van der Waals surface area contributed by atoms with E-state index in [9.17, 15) is 0 Å². The molecule has 2 aromatic heterocycles. The molecule has 1 unspecified atom stereocenters. The second-order valence-electron chi connectivity index (χ2n) is 4.03. The Morgan fingerprint density at radius 1 is 1.50 bits per heavy atom. The van der Waals surface area contributed by atoms with E-state index in [-0.39, 0.29) is 0 Å². The largest absolute Gasteiger partial charge is 0.481 e. The number of hydrogen-bond donors (Lipinski definition) is 1. The fourth-order valence-electron chi connectivity index (χ4n) is 2.17. The lowest BCUT2D eigenvalue weighted by molar-refractivity contribution is 0.390. The summed E-state index contributed by atoms with van der Waals surface area (Å²) in [5, 5.41) is 3.35. The van der Waals surface area contributed by atoms with Gasteiger partial charge in [0.05, 0.1) is 25.2 Å². The normalized spacial score (nSPS) is 20.4. The molecule has 5 nitrogen and oxygen atoms in total. The average Bonchev–Trinajstić information content (AvgIpc) is 2.96. The van der Waals surface area contributed by atoms with Gasteiger partial charge in [-0.15, -0.1) is 0 Å². The van der Waals surface area contributed by atoms with Gasteiger partial charge in [-0.25, -0.2) is 4.98 Å². The molecule has 1 atom stereocenters. The minimum atomic E-state index is 0.518. The Balaban J connectivity index is 2.07. The number of aromatic nitrogens is 3. The number of rotatable bonds is 2. The molecule has 0 radical (unpaired) electrons. The van der Waals surface area contributed by atoms with Gasteiger partial charge in [0.15, 0.2) is 5.65 Å². The Morgan fingerprint density at radius 3 is 3.19 bits per heavy atom. The SMILES string of the molecule is COc1cncc2nc(C3CCNC3)cn12. The van der Waals surface area contributed by atoms with Crippen LogP contribution in [0.2, 0.25) is 0 Å². The molecule has 0 spiro atoms. The van der Waals surface area contributed by atoms with Crippen molar-refractivity contribution in [3.8, 4) is 5.88 Å². The minimum Gasteiger partial charge on any atom is -0.481 e. The number of imidazole rings is 1. The van der Waals surface area contributed by atoms with Crippen LogP contribution in [0, 0.1) is 0 Å². The third-order valence-electron chi connectivity index (χ3n) is 3.05. The molecule has 5 heteroatoms. The van der Waals surface area contributed by atoms with Gasteiger partial charge in [0, 0.05) is 18.7 Å². The first-order valence-corrected chi connectivity index (χ1v) is 5.46. The number of fused-ring (bicyclic) bond motifs is 1. The zero-order chi connectivity index (χ0) is 11.0. The van der Waals surface area contributed by atoms with Gasteiger partial charge in [-0.2, -0.15) is 0 Å². The standard InChI is InChI=1S/C11H14N4O/c1-16-11-6-13-5-10-14-9(7-15(10)11)8-2-3-12-4-8/h5-8,12H,2-4H2,1H3. The maximum Gasteiger partial charge on any atom is 0.218 e. The maximum atomic E-state index is 5.25. The smallest absolute Gasteiger partial charge is 0.218 e. The van der Waals surface area contributed by atoms with E-state index in [0.717, 1.165) is 36.7 Å². The zero-order valence-electron chi connectivity index (χ0n) is 9.18. The number of nitrogens with one attached hydrogen (secondary N) is 1. The third-order valence-corrected chi connectivity index (χ3v) is 3.05. The number of hydrogen-bond acceptors (Lipinski definition) is 4. The van der Waals surface area contributed by atoms with Gasteiger partial charge in [-0.05, 0) is 13.0 Å². The molecule has 84 valence electrons. The van der Waals surface area contributed by atoms with Crippen molar-refractivity contribution in [2.24, 2.45) is 0 Å². The Morgan fingerprint density at radius 2 is 2.44 bits per heavy atom. The molecule has 0 saturated carbocycles. The van der Waals surface area contributed by atoms with Crippen LogP contribution in [-0.2, 0) is 0 Å². The first kappa shape index (κ1) is 9.59. The van der Waals surface area contributed by atoms with E-state index in [4.69, 9.17) is 4.74 Å². The summed E-state index contributed by atoms with van der Waals surface area (Å²) in [6.07, 6.45) is 6.66. The quantitative estimate of drug-likeness (QED) is 0.810. The van der Waals surface area contributed by atoms with Crippen LogP contribution >= 0.6 is 0 Å². The van der Waals surface area contributed by atoms with Gasteiger partial charge in [-0.1, -0.05) is 0 Å². The topological polar surface area (TPSA) is 51.5 Å². The van der Waals surface area contributed by atoms with Crippen molar-refractivity contribution < 1.29 is 4.74 Å². The van der Waals surface area contributed by atoms with Gasteiger partial charge in [0.2, 0.25) is 5.88 Å². The second-order valence-corrected chi connectivity index (χ2v) is 4.03. The molecule has 0 amide bonds. The predicted molar refractivity (Wildman–Crippen MR) is 59.8 cm³/mol. The molecule has 3 heterocycles. The summed E-state index contributed by atoms with van der Waals surface area (Å²) in [6.45, 7) is 2.09. The molecule has 1 aliphatic rings. The molecule has 3 rings (SSSR count). The molecule has 1 saturated heterocycles. The summed E-state index contributed by atoms with van der Waals surface area (Å²) < 4.78 is 7.19. The Bertz CT molecular complexity index is 502. The second kappa shape index (κ2) is 3.75. The summed E-state index contributed by atoms with van der Waals surface area (Å²) in [7, 11) is 1.65. The highest BCUT2D eigenvalue weighted by Crippen LogP contribution is 2.23. The van der Waals surface area contributed by atoms with Crippen molar-refractivity contribution in [2.75, 3.05) is 20.2 Å². The van der Waals surface area contributed by atoms with Crippen LogP contribution in [0.3, 0.4) is 0 Å². The highest BCUT2D eigenvalue weighted by atomic mass is 16.5. The van der Waals surface area contributed by atoms with Crippen LogP contribution < -0.4 is 10.1 Å². The lowest BCUT2D eigenvalue weighted by Crippen LogP contribution is -2.08. The summed E-state index contributed by atoms with van der Waals surface area (Å²) in [6, 6.07) is 0. The maximum absolute atomic E-state index is 5.25. The molecular formula is C11H14N4O. The number of methoxy groups -OCH3 is 1. The van der Waals surface area contributed by atoms with Crippen LogP contribution in [0.4, 0.5) is 0 Å². The molecule has 1 aliphatic heterocycles. The van der Waals surface area contributed by atoms with Crippen LogP contribution in [-0.4, -0.2) is 34.6 Å².